The Labute approximate surface area is 102 Å². The third kappa shape index (κ3) is 4.07. The van der Waals surface area contributed by atoms with Gasteiger partial charge in [-0.15, -0.1) is 0 Å². The van der Waals surface area contributed by atoms with Crippen LogP contribution in [0.2, 0.25) is 0 Å². The topological polar surface area (TPSA) is 67.1 Å². The minimum absolute atomic E-state index is 0.133. The van der Waals surface area contributed by atoms with Gasteiger partial charge in [0.25, 0.3) is 0 Å². The number of benzene rings is 1. The molecule has 0 saturated heterocycles. The SMILES string of the molecule is NCc1ccc(NC(=O)NCCC2CC2)cc1. The van der Waals surface area contributed by atoms with Crippen molar-refractivity contribution < 1.29 is 4.79 Å². The highest BCUT2D eigenvalue weighted by atomic mass is 16.2. The number of carbonyl (C=O) groups excluding carboxylic acids is 1. The molecule has 2 amide bonds. The van der Waals surface area contributed by atoms with Crippen molar-refractivity contribution in [2.24, 2.45) is 11.7 Å². The molecule has 4 heteroatoms. The molecule has 1 aliphatic carbocycles. The monoisotopic (exact) mass is 233 g/mol. The van der Waals surface area contributed by atoms with E-state index in [4.69, 9.17) is 5.73 Å². The lowest BCUT2D eigenvalue weighted by molar-refractivity contribution is 0.252. The Bertz CT molecular complexity index is 371. The van der Waals surface area contributed by atoms with Crippen molar-refractivity contribution in [2.75, 3.05) is 11.9 Å². The van der Waals surface area contributed by atoms with Crippen LogP contribution >= 0.6 is 0 Å². The molecule has 1 aromatic carbocycles. The van der Waals surface area contributed by atoms with Crippen molar-refractivity contribution in [3.05, 3.63) is 29.8 Å². The number of rotatable bonds is 5. The lowest BCUT2D eigenvalue weighted by Crippen LogP contribution is -2.29. The molecule has 0 unspecified atom stereocenters. The standard InChI is InChI=1S/C13H19N3O/c14-9-11-3-5-12(6-4-11)16-13(17)15-8-7-10-1-2-10/h3-6,10H,1-2,7-9,14H2,(H2,15,16,17). The van der Waals surface area contributed by atoms with Gasteiger partial charge in [0.05, 0.1) is 0 Å². The summed E-state index contributed by atoms with van der Waals surface area (Å²) in [5.74, 6) is 0.846. The fourth-order valence-corrected chi connectivity index (χ4v) is 1.70. The Morgan fingerprint density at radius 1 is 1.29 bits per heavy atom. The summed E-state index contributed by atoms with van der Waals surface area (Å²) in [6.45, 7) is 1.28. The number of carbonyl (C=O) groups is 1. The molecule has 4 N–H and O–H groups in total. The van der Waals surface area contributed by atoms with E-state index in [1.165, 1.54) is 12.8 Å². The second kappa shape index (κ2) is 5.68. The number of nitrogens with two attached hydrogens (primary N) is 1. The predicted molar refractivity (Wildman–Crippen MR) is 68.7 cm³/mol. The Morgan fingerprint density at radius 2 is 2.00 bits per heavy atom. The molecule has 17 heavy (non-hydrogen) atoms. The smallest absolute Gasteiger partial charge is 0.319 e. The van der Waals surface area contributed by atoms with E-state index < -0.39 is 0 Å². The van der Waals surface area contributed by atoms with Crippen LogP contribution in [0.3, 0.4) is 0 Å². The zero-order chi connectivity index (χ0) is 12.1. The first kappa shape index (κ1) is 11.9. The van der Waals surface area contributed by atoms with Crippen molar-refractivity contribution >= 4 is 11.7 Å². The third-order valence-corrected chi connectivity index (χ3v) is 2.98. The molecule has 0 spiro atoms. The van der Waals surface area contributed by atoms with Gasteiger partial charge in [0.15, 0.2) is 0 Å². The summed E-state index contributed by atoms with van der Waals surface area (Å²) < 4.78 is 0. The Kier molecular flexibility index (Phi) is 3.98. The van der Waals surface area contributed by atoms with E-state index in [1.807, 2.05) is 24.3 Å². The Hall–Kier alpha value is -1.55. The number of nitrogens with one attached hydrogen (secondary N) is 2. The van der Waals surface area contributed by atoms with Crippen molar-refractivity contribution in [3.63, 3.8) is 0 Å². The number of hydrogen-bond acceptors (Lipinski definition) is 2. The first-order chi connectivity index (χ1) is 8.28. The average Bonchev–Trinajstić information content (AvgIpc) is 3.14. The van der Waals surface area contributed by atoms with Crippen molar-refractivity contribution in [1.29, 1.82) is 0 Å². The van der Waals surface area contributed by atoms with E-state index in [1.54, 1.807) is 0 Å². The van der Waals surface area contributed by atoms with Crippen molar-refractivity contribution in [1.82, 2.24) is 5.32 Å². The average molecular weight is 233 g/mol. The van der Waals surface area contributed by atoms with Gasteiger partial charge in [-0.2, -0.15) is 0 Å². The lowest BCUT2D eigenvalue weighted by Gasteiger charge is -2.07. The lowest BCUT2D eigenvalue weighted by atomic mass is 10.2. The summed E-state index contributed by atoms with van der Waals surface area (Å²) in [7, 11) is 0. The van der Waals surface area contributed by atoms with Gasteiger partial charge in [0.2, 0.25) is 0 Å². The van der Waals surface area contributed by atoms with E-state index in [2.05, 4.69) is 10.6 Å². The van der Waals surface area contributed by atoms with Gasteiger partial charge in [-0.05, 0) is 30.0 Å². The molecule has 1 aromatic rings. The summed E-state index contributed by atoms with van der Waals surface area (Å²) >= 11 is 0. The Morgan fingerprint density at radius 3 is 2.59 bits per heavy atom. The largest absolute Gasteiger partial charge is 0.338 e. The number of urea groups is 1. The van der Waals surface area contributed by atoms with E-state index in [9.17, 15) is 4.79 Å². The van der Waals surface area contributed by atoms with Crippen LogP contribution in [-0.4, -0.2) is 12.6 Å². The fourth-order valence-electron chi connectivity index (χ4n) is 1.70. The van der Waals surface area contributed by atoms with Crippen LogP contribution in [0.5, 0.6) is 0 Å². The Balaban J connectivity index is 1.72. The van der Waals surface area contributed by atoms with Crippen molar-refractivity contribution in [3.8, 4) is 0 Å². The molecule has 0 aliphatic heterocycles. The zero-order valence-electron chi connectivity index (χ0n) is 9.91. The maximum atomic E-state index is 11.5. The molecular formula is C13H19N3O. The molecular weight excluding hydrogens is 214 g/mol. The van der Waals surface area contributed by atoms with Crippen LogP contribution < -0.4 is 16.4 Å². The highest BCUT2D eigenvalue weighted by Crippen LogP contribution is 2.31. The fraction of sp³-hybridized carbons (Fsp3) is 0.462. The van der Waals surface area contributed by atoms with Gasteiger partial charge in [-0.1, -0.05) is 25.0 Å². The highest BCUT2D eigenvalue weighted by Gasteiger charge is 2.20. The quantitative estimate of drug-likeness (QED) is 0.728. The van der Waals surface area contributed by atoms with E-state index in [0.717, 1.165) is 30.1 Å². The number of hydrogen-bond donors (Lipinski definition) is 3. The second-order valence-electron chi connectivity index (χ2n) is 4.51. The zero-order valence-corrected chi connectivity index (χ0v) is 9.91. The van der Waals surface area contributed by atoms with Crippen LogP contribution in [0.4, 0.5) is 10.5 Å². The van der Waals surface area contributed by atoms with Gasteiger partial charge < -0.3 is 16.4 Å². The number of anilines is 1. The highest BCUT2D eigenvalue weighted by molar-refractivity contribution is 5.89. The van der Waals surface area contributed by atoms with Gasteiger partial charge in [0, 0.05) is 18.8 Å². The van der Waals surface area contributed by atoms with Crippen LogP contribution in [0, 0.1) is 5.92 Å². The summed E-state index contributed by atoms with van der Waals surface area (Å²) in [5.41, 5.74) is 7.36. The first-order valence-corrected chi connectivity index (χ1v) is 6.12. The van der Waals surface area contributed by atoms with Crippen LogP contribution in [0.15, 0.2) is 24.3 Å². The van der Waals surface area contributed by atoms with E-state index in [0.29, 0.717) is 6.54 Å². The minimum atomic E-state index is -0.133. The van der Waals surface area contributed by atoms with Crippen molar-refractivity contribution in [2.45, 2.75) is 25.8 Å². The van der Waals surface area contributed by atoms with E-state index in [-0.39, 0.29) is 6.03 Å². The molecule has 1 aliphatic rings. The van der Waals surface area contributed by atoms with E-state index >= 15 is 0 Å². The molecule has 2 rings (SSSR count). The minimum Gasteiger partial charge on any atom is -0.338 e. The molecule has 92 valence electrons. The summed E-state index contributed by atoms with van der Waals surface area (Å²) in [6.07, 6.45) is 3.74. The molecule has 0 atom stereocenters. The van der Waals surface area contributed by atoms with Gasteiger partial charge in [0.1, 0.15) is 0 Å². The van der Waals surface area contributed by atoms with Crippen LogP contribution in [0.1, 0.15) is 24.8 Å². The summed E-state index contributed by atoms with van der Waals surface area (Å²) in [4.78, 5) is 11.5. The molecule has 1 saturated carbocycles. The third-order valence-electron chi connectivity index (χ3n) is 2.98. The summed E-state index contributed by atoms with van der Waals surface area (Å²) in [6, 6.07) is 7.43. The molecule has 4 nitrogen and oxygen atoms in total. The molecule has 0 bridgehead atoms. The maximum absolute atomic E-state index is 11.5. The van der Waals surface area contributed by atoms with Gasteiger partial charge in [-0.25, -0.2) is 4.79 Å². The molecule has 0 aromatic heterocycles. The van der Waals surface area contributed by atoms with Crippen LogP contribution in [0.25, 0.3) is 0 Å². The van der Waals surface area contributed by atoms with Crippen LogP contribution in [-0.2, 0) is 6.54 Å². The molecule has 0 heterocycles. The second-order valence-corrected chi connectivity index (χ2v) is 4.51. The molecule has 0 radical (unpaired) electrons. The summed E-state index contributed by atoms with van der Waals surface area (Å²) in [5, 5.41) is 5.65. The van der Waals surface area contributed by atoms with Gasteiger partial charge >= 0.3 is 6.03 Å². The molecule has 1 fully saturated rings. The van der Waals surface area contributed by atoms with Gasteiger partial charge in [-0.3, -0.25) is 0 Å². The number of amides is 2. The maximum Gasteiger partial charge on any atom is 0.319 e. The first-order valence-electron chi connectivity index (χ1n) is 6.12. The normalized spacial score (nSPS) is 14.4. The predicted octanol–water partition coefficient (Wildman–Crippen LogP) is 2.07.